The molecule has 49 heavy (non-hydrogen) atoms. The first-order chi connectivity index (χ1) is 23.2. The van der Waals surface area contributed by atoms with Crippen LogP contribution >= 0.6 is 0 Å². The third-order valence-corrected chi connectivity index (χ3v) is 9.38. The summed E-state index contributed by atoms with van der Waals surface area (Å²) in [5.41, 5.74) is 2.95. The number of hydrogen-bond donors (Lipinski definition) is 5. The van der Waals surface area contributed by atoms with Gasteiger partial charge in [-0.15, -0.1) is 6.58 Å². The number of para-hydroxylation sites is 1. The van der Waals surface area contributed by atoms with Gasteiger partial charge in [-0.3, -0.25) is 14.4 Å². The maximum Gasteiger partial charge on any atom is 0.308 e. The average Bonchev–Trinajstić information content (AvgIpc) is 3.42. The highest BCUT2D eigenvalue weighted by atomic mass is 16.5. The van der Waals surface area contributed by atoms with Crippen molar-refractivity contribution in [2.45, 2.75) is 71.9 Å². The second-order valence-corrected chi connectivity index (χ2v) is 13.8. The molecule has 1 aliphatic heterocycles. The van der Waals surface area contributed by atoms with Gasteiger partial charge in [0.1, 0.15) is 22.7 Å². The summed E-state index contributed by atoms with van der Waals surface area (Å²) in [6.07, 6.45) is 13.4. The van der Waals surface area contributed by atoms with Crippen LogP contribution in [0, 0.1) is 11.8 Å². The summed E-state index contributed by atoms with van der Waals surface area (Å²) in [6, 6.07) is 9.38. The van der Waals surface area contributed by atoms with E-state index < -0.39 is 35.4 Å². The van der Waals surface area contributed by atoms with E-state index in [1.807, 2.05) is 83.2 Å². The molecule has 0 radical (unpaired) electrons. The Morgan fingerprint density at radius 1 is 1.14 bits per heavy atom. The van der Waals surface area contributed by atoms with E-state index in [4.69, 9.17) is 4.74 Å². The van der Waals surface area contributed by atoms with Crippen LogP contribution in [-0.4, -0.2) is 38.5 Å². The number of phenols is 1. The number of aromatic hydroxyl groups is 1. The minimum absolute atomic E-state index is 0.0159. The molecular formula is C40H45N3O6. The molecule has 2 heterocycles. The van der Waals surface area contributed by atoms with Crippen LogP contribution in [0.5, 0.6) is 11.5 Å². The molecule has 2 aromatic carbocycles. The van der Waals surface area contributed by atoms with Crippen molar-refractivity contribution in [2.75, 3.05) is 0 Å². The van der Waals surface area contributed by atoms with Gasteiger partial charge in [0.2, 0.25) is 0 Å². The summed E-state index contributed by atoms with van der Waals surface area (Å²) in [6.45, 7) is 14.7. The molecule has 1 aromatic heterocycles. The predicted octanol–water partition coefficient (Wildman–Crippen LogP) is 6.51. The van der Waals surface area contributed by atoms with Gasteiger partial charge in [0.25, 0.3) is 11.8 Å². The number of amides is 2. The largest absolute Gasteiger partial charge is 0.507 e. The lowest BCUT2D eigenvalue weighted by molar-refractivity contribution is -0.138. The highest BCUT2D eigenvalue weighted by Crippen LogP contribution is 2.40. The van der Waals surface area contributed by atoms with E-state index >= 15 is 0 Å². The minimum atomic E-state index is -1.32. The van der Waals surface area contributed by atoms with Crippen LogP contribution in [0.2, 0.25) is 0 Å². The molecule has 2 aliphatic rings. The molecule has 1 saturated heterocycles. The van der Waals surface area contributed by atoms with Crippen molar-refractivity contribution in [2.24, 2.45) is 11.8 Å². The number of esters is 1. The number of nitrogens with one attached hydrogen (secondary N) is 3. The van der Waals surface area contributed by atoms with Crippen molar-refractivity contribution in [3.8, 4) is 11.5 Å². The topological polar surface area (TPSA) is 141 Å². The summed E-state index contributed by atoms with van der Waals surface area (Å²) in [5, 5.41) is 28.3. The number of hydrogen-bond acceptors (Lipinski definition) is 6. The summed E-state index contributed by atoms with van der Waals surface area (Å²) in [7, 11) is 0. The van der Waals surface area contributed by atoms with E-state index in [0.717, 1.165) is 27.7 Å². The summed E-state index contributed by atoms with van der Waals surface area (Å²) in [4.78, 5) is 43.6. The maximum atomic E-state index is 14.2. The quantitative estimate of drug-likeness (QED) is 0.0765. The molecule has 1 aliphatic carbocycles. The van der Waals surface area contributed by atoms with Gasteiger partial charge in [0, 0.05) is 57.1 Å². The smallest absolute Gasteiger partial charge is 0.308 e. The third-order valence-electron chi connectivity index (χ3n) is 9.38. The first-order valence-electron chi connectivity index (χ1n) is 16.5. The molecule has 0 unspecified atom stereocenters. The zero-order valence-corrected chi connectivity index (χ0v) is 28.9. The Bertz CT molecular complexity index is 1960. The van der Waals surface area contributed by atoms with Crippen LogP contribution in [0.25, 0.3) is 23.1 Å². The summed E-state index contributed by atoms with van der Waals surface area (Å²) >= 11 is 0. The number of aliphatic hydroxyl groups excluding tert-OH is 1. The molecule has 3 atom stereocenters. The number of piperazine rings is 1. The van der Waals surface area contributed by atoms with Crippen LogP contribution < -0.4 is 15.4 Å². The Morgan fingerprint density at radius 3 is 2.55 bits per heavy atom. The first-order valence-corrected chi connectivity index (χ1v) is 16.5. The van der Waals surface area contributed by atoms with Gasteiger partial charge in [0.15, 0.2) is 0 Å². The fraction of sp³-hybridized carbons (Fsp3) is 0.325. The molecule has 3 aromatic rings. The molecule has 2 amide bonds. The molecule has 0 bridgehead atoms. The zero-order valence-electron chi connectivity index (χ0n) is 28.9. The SMILES string of the molecule is C=CC(C)(C)c1[nH]c2ccccc2c1/C=C1\NC(=O)[C@@]2(C[C@@H](C)C=C[C@H]2/C=C/c2c(OC(C)=O)cc(CC=C(C)C)c(O)c2CO)NC1=O. The molecular weight excluding hydrogens is 618 g/mol. The Kier molecular flexibility index (Phi) is 9.88. The number of allylic oxidation sites excluding steroid dienone is 4. The Morgan fingerprint density at radius 2 is 1.88 bits per heavy atom. The number of fused-ring (bicyclic) bond motifs is 1. The molecule has 5 rings (SSSR count). The van der Waals surface area contributed by atoms with Gasteiger partial charge in [-0.25, -0.2) is 0 Å². The van der Waals surface area contributed by atoms with Crippen molar-refractivity contribution in [1.82, 2.24) is 15.6 Å². The molecule has 0 saturated carbocycles. The van der Waals surface area contributed by atoms with Crippen molar-refractivity contribution in [3.05, 3.63) is 107 Å². The van der Waals surface area contributed by atoms with Gasteiger partial charge in [-0.2, -0.15) is 0 Å². The fourth-order valence-corrected chi connectivity index (χ4v) is 6.61. The number of aromatic amines is 1. The van der Waals surface area contributed by atoms with Gasteiger partial charge >= 0.3 is 5.97 Å². The lowest BCUT2D eigenvalue weighted by Crippen LogP contribution is -2.68. The van der Waals surface area contributed by atoms with E-state index in [9.17, 15) is 24.6 Å². The normalized spacial score (nSPS) is 21.7. The summed E-state index contributed by atoms with van der Waals surface area (Å²) in [5.74, 6) is -1.91. The van der Waals surface area contributed by atoms with Crippen LogP contribution in [-0.2, 0) is 32.8 Å². The molecule has 9 heteroatoms. The van der Waals surface area contributed by atoms with E-state index in [0.29, 0.717) is 24.0 Å². The Balaban J connectivity index is 1.55. The Hall–Kier alpha value is -5.15. The molecule has 1 fully saturated rings. The van der Waals surface area contributed by atoms with Crippen LogP contribution in [0.3, 0.4) is 0 Å². The standard InChI is InChI=1S/C40H45N3O6/c1-8-39(6,7)36-30(28-11-9-10-12-32(28)41-36)20-33-37(47)43-40(38(48)42-33)21-24(4)14-16-27(40)17-18-29-31(22-44)35(46)26(15-13-23(2)3)19-34(29)49-25(5)45/h8-14,16-20,24,27,41,44,46H,1,15,21-22H2,2-7H3,(H,42,48)(H,43,47)/b18-17+,33-20-/t24-,27-,40-/m0/s1. The highest BCUT2D eigenvalue weighted by molar-refractivity contribution is 6.10. The number of ether oxygens (including phenoxy) is 1. The molecule has 1 spiro atoms. The first kappa shape index (κ1) is 35.2. The van der Waals surface area contributed by atoms with E-state index in [2.05, 4.69) is 22.2 Å². The number of carbonyl (C=O) groups excluding carboxylic acids is 3. The lowest BCUT2D eigenvalue weighted by atomic mass is 9.71. The molecule has 256 valence electrons. The second kappa shape index (κ2) is 13.8. The number of H-pyrrole nitrogens is 1. The van der Waals surface area contributed by atoms with E-state index in [1.165, 1.54) is 6.92 Å². The highest BCUT2D eigenvalue weighted by Gasteiger charge is 2.51. The van der Waals surface area contributed by atoms with Crippen LogP contribution in [0.4, 0.5) is 0 Å². The number of benzene rings is 2. The predicted molar refractivity (Wildman–Crippen MR) is 192 cm³/mol. The molecule has 5 N–H and O–H groups in total. The average molecular weight is 664 g/mol. The maximum absolute atomic E-state index is 14.2. The van der Waals surface area contributed by atoms with Crippen LogP contribution in [0.1, 0.15) is 75.9 Å². The zero-order chi connectivity index (χ0) is 35.7. The van der Waals surface area contributed by atoms with Gasteiger partial charge < -0.3 is 30.6 Å². The lowest BCUT2D eigenvalue weighted by Gasteiger charge is -2.44. The number of aliphatic hydroxyl groups is 1. The van der Waals surface area contributed by atoms with Crippen molar-refractivity contribution in [1.29, 1.82) is 0 Å². The second-order valence-electron chi connectivity index (χ2n) is 13.8. The number of rotatable bonds is 9. The summed E-state index contributed by atoms with van der Waals surface area (Å²) < 4.78 is 5.54. The van der Waals surface area contributed by atoms with Gasteiger partial charge in [-0.1, -0.05) is 81.0 Å². The van der Waals surface area contributed by atoms with Crippen molar-refractivity contribution < 1.29 is 29.3 Å². The van der Waals surface area contributed by atoms with Crippen molar-refractivity contribution in [3.63, 3.8) is 0 Å². The van der Waals surface area contributed by atoms with Gasteiger partial charge in [0.05, 0.1) is 6.61 Å². The third kappa shape index (κ3) is 6.89. The fourth-order valence-electron chi connectivity index (χ4n) is 6.61. The monoisotopic (exact) mass is 663 g/mol. The Labute approximate surface area is 287 Å². The van der Waals surface area contributed by atoms with E-state index in [-0.39, 0.29) is 34.6 Å². The van der Waals surface area contributed by atoms with E-state index in [1.54, 1.807) is 24.3 Å². The number of aromatic nitrogens is 1. The van der Waals surface area contributed by atoms with Crippen LogP contribution in [0.15, 0.2) is 78.6 Å². The van der Waals surface area contributed by atoms with Gasteiger partial charge in [-0.05, 0) is 50.8 Å². The minimum Gasteiger partial charge on any atom is -0.507 e. The number of carbonyl (C=O) groups is 3. The van der Waals surface area contributed by atoms with Crippen molar-refractivity contribution >= 4 is 40.8 Å². The molecule has 9 nitrogen and oxygen atoms in total.